The number of phenolic OH excluding ortho intramolecular Hbond substituents is 1. The fraction of sp³-hybridized carbons (Fsp3) is 0.550. The number of aromatic hydroxyl groups is 1. The van der Waals surface area contributed by atoms with Crippen molar-refractivity contribution in [1.29, 1.82) is 0 Å². The third-order valence-corrected chi connectivity index (χ3v) is 18.4. The number of aromatic nitrogens is 3. The number of carbonyl (C=O) groups excluding carboxylic acids is 4. The average molecular weight is 1080 g/mol. The van der Waals surface area contributed by atoms with Gasteiger partial charge in [-0.3, -0.25) is 39.4 Å². The Bertz CT molecular complexity index is 3240. The van der Waals surface area contributed by atoms with Crippen molar-refractivity contribution in [2.75, 3.05) is 88.4 Å². The number of nitrogens with zero attached hydrogens (tertiary/aromatic N) is 10. The highest BCUT2D eigenvalue weighted by molar-refractivity contribution is 6.06. The zero-order valence-corrected chi connectivity index (χ0v) is 45.9. The summed E-state index contributed by atoms with van der Waals surface area (Å²) in [6.45, 7) is 18.5. The largest absolute Gasteiger partial charge is 0.508 e. The molecule has 9 heterocycles. The molecule has 2 N–H and O–H groups in total. The molecule has 2 bridgehead atoms. The number of ether oxygens (including phenoxy) is 2. The minimum absolute atomic E-state index is 0.0256. The molecule has 1 saturated carbocycles. The van der Waals surface area contributed by atoms with E-state index in [0.717, 1.165) is 131 Å². The Morgan fingerprint density at radius 3 is 2.30 bits per heavy atom. The van der Waals surface area contributed by atoms with Crippen LogP contribution >= 0.6 is 0 Å². The second-order valence-electron chi connectivity index (χ2n) is 24.7. The molecular weight excluding hydrogens is 1010 g/mol. The van der Waals surface area contributed by atoms with E-state index in [0.29, 0.717) is 67.1 Å². The lowest BCUT2D eigenvalue weighted by atomic mass is 9.95. The molecule has 1 aliphatic carbocycles. The fourth-order valence-electron chi connectivity index (χ4n) is 14.0. The molecule has 4 amide bonds. The van der Waals surface area contributed by atoms with Gasteiger partial charge in [0.25, 0.3) is 5.91 Å². The Hall–Kier alpha value is -6.70. The van der Waals surface area contributed by atoms with E-state index in [1.165, 1.54) is 0 Å². The second kappa shape index (κ2) is 20.1. The molecule has 3 aromatic carbocycles. The van der Waals surface area contributed by atoms with E-state index in [9.17, 15) is 24.3 Å². The number of fused-ring (bicyclic) bond motifs is 5. The van der Waals surface area contributed by atoms with Crippen LogP contribution in [0.2, 0.25) is 0 Å². The molecule has 3 atom stereocenters. The zero-order valence-electron chi connectivity index (χ0n) is 45.9. The number of phenols is 1. The maximum Gasteiger partial charge on any atom is 0.410 e. The number of piperazine rings is 2. The first-order valence-corrected chi connectivity index (χ1v) is 28.8. The van der Waals surface area contributed by atoms with Gasteiger partial charge in [-0.2, -0.15) is 9.97 Å². The summed E-state index contributed by atoms with van der Waals surface area (Å²) < 4.78 is 29.9. The maximum atomic E-state index is 17.5. The van der Waals surface area contributed by atoms with Crippen molar-refractivity contribution in [3.8, 4) is 23.0 Å². The van der Waals surface area contributed by atoms with Crippen LogP contribution in [-0.2, 0) is 27.3 Å². The number of rotatable bonds is 12. The molecule has 7 aliphatic heterocycles. The number of amides is 4. The number of aryl methyl sites for hydroxylation is 1. The molecular formula is C60H72FN11O7. The molecule has 7 fully saturated rings. The predicted octanol–water partition coefficient (Wildman–Crippen LogP) is 6.73. The first-order valence-electron chi connectivity index (χ1n) is 28.8. The van der Waals surface area contributed by atoms with Crippen LogP contribution in [0.1, 0.15) is 101 Å². The molecule has 0 radical (unpaired) electrons. The second-order valence-corrected chi connectivity index (χ2v) is 24.7. The summed E-state index contributed by atoms with van der Waals surface area (Å²) in [6.07, 6.45) is 8.64. The van der Waals surface area contributed by atoms with Gasteiger partial charge in [0.15, 0.2) is 5.82 Å². The molecule has 5 aromatic rings. The Labute approximate surface area is 460 Å². The number of hydrogen-bond acceptors (Lipinski definition) is 15. The van der Waals surface area contributed by atoms with E-state index >= 15 is 4.39 Å². The number of likely N-dealkylation sites (tertiary alicyclic amines) is 2. The Kier molecular flexibility index (Phi) is 13.2. The van der Waals surface area contributed by atoms with Crippen LogP contribution in [0, 0.1) is 11.2 Å². The molecule has 2 unspecified atom stereocenters. The quantitative estimate of drug-likeness (QED) is 0.126. The number of nitrogens with one attached hydrogen (secondary N) is 1. The first kappa shape index (κ1) is 51.7. The lowest BCUT2D eigenvalue weighted by Crippen LogP contribution is -2.66. The van der Waals surface area contributed by atoms with E-state index < -0.39 is 17.5 Å². The van der Waals surface area contributed by atoms with Gasteiger partial charge in [0, 0.05) is 112 Å². The molecule has 6 saturated heterocycles. The average Bonchev–Trinajstić information content (AvgIpc) is 4.23. The first-order chi connectivity index (χ1) is 38.1. The third-order valence-electron chi connectivity index (χ3n) is 18.4. The number of halogens is 1. The standard InChI is InChI=1S/C60H72FN11O7/c1-5-36-7-6-8-37-26-44(73)27-46(50(36)37)52-51(61)53-47(28-62-52)54(70-30-41-9-10-42(31-70)72(41)58(77)79-59(2,3)4)65-57(64-53)78-35-60(17-18-60)34-66-19-15-39(16-20-66)69-32-43(33-69)68-23-21-67(22-24-68)40-11-12-45-38(25-40)29-71(56(45)76)48-13-14-49(74)63-55(48)75/h6-8,11-12,25-28,39,41-43,48,73H,5,9-10,13-24,29-35H2,1-4H3,(H,63,74,75)/t41?,42?,48-/m0/s1. The van der Waals surface area contributed by atoms with E-state index in [-0.39, 0.29) is 70.7 Å². The summed E-state index contributed by atoms with van der Waals surface area (Å²) >= 11 is 0. The van der Waals surface area contributed by atoms with Gasteiger partial charge in [0.2, 0.25) is 11.8 Å². The fourth-order valence-corrected chi connectivity index (χ4v) is 14.0. The van der Waals surface area contributed by atoms with Crippen LogP contribution < -0.4 is 19.9 Å². The molecule has 8 aliphatic rings. The number of benzene rings is 3. The molecule has 2 aromatic heterocycles. The van der Waals surface area contributed by atoms with Gasteiger partial charge in [-0.25, -0.2) is 9.18 Å². The highest BCUT2D eigenvalue weighted by Gasteiger charge is 2.48. The number of hydrogen-bond donors (Lipinski definition) is 2. The SMILES string of the molecule is CCc1cccc2cc(O)cc(-c3ncc4c(N5CC6CCC(C5)N6C(=O)OC(C)(C)C)nc(OCC5(CN6CCC(N7CC(N8CCN(c9ccc%10c(c9)CN([C@H]9CCC(=O)NC9=O)C%10=O)CC8)C7)CC6)CC5)nc4c3F)c12. The van der Waals surface area contributed by atoms with Gasteiger partial charge in [-0.05, 0) is 137 Å². The lowest BCUT2D eigenvalue weighted by Gasteiger charge is -2.52. The topological polar surface area (TPSA) is 180 Å². The molecule has 416 valence electrons. The van der Waals surface area contributed by atoms with Gasteiger partial charge < -0.3 is 34.2 Å². The maximum absolute atomic E-state index is 17.5. The van der Waals surface area contributed by atoms with Crippen LogP contribution in [0.3, 0.4) is 0 Å². The summed E-state index contributed by atoms with van der Waals surface area (Å²) in [6, 6.07) is 15.7. The van der Waals surface area contributed by atoms with Crippen molar-refractivity contribution in [3.05, 3.63) is 77.2 Å². The molecule has 18 nitrogen and oxygen atoms in total. The van der Waals surface area contributed by atoms with E-state index in [4.69, 9.17) is 24.4 Å². The summed E-state index contributed by atoms with van der Waals surface area (Å²) in [5.41, 5.74) is 3.77. The van der Waals surface area contributed by atoms with Crippen molar-refractivity contribution in [2.45, 2.75) is 128 Å². The number of piperidine rings is 2. The van der Waals surface area contributed by atoms with Crippen molar-refractivity contribution in [3.63, 3.8) is 0 Å². The molecule has 79 heavy (non-hydrogen) atoms. The Balaban J connectivity index is 0.640. The smallest absolute Gasteiger partial charge is 0.410 e. The van der Waals surface area contributed by atoms with Gasteiger partial charge in [0.1, 0.15) is 34.4 Å². The number of carbonyl (C=O) groups is 4. The van der Waals surface area contributed by atoms with Gasteiger partial charge >= 0.3 is 12.1 Å². The highest BCUT2D eigenvalue weighted by atomic mass is 19.1. The van der Waals surface area contributed by atoms with E-state index in [1.807, 2.05) is 56.0 Å². The number of imide groups is 1. The van der Waals surface area contributed by atoms with Crippen molar-refractivity contribution in [1.82, 2.24) is 44.8 Å². The summed E-state index contributed by atoms with van der Waals surface area (Å²) in [7, 11) is 0. The van der Waals surface area contributed by atoms with Crippen LogP contribution in [0.25, 0.3) is 32.9 Å². The number of pyridine rings is 1. The summed E-state index contributed by atoms with van der Waals surface area (Å²) in [4.78, 5) is 81.6. The third kappa shape index (κ3) is 9.87. The van der Waals surface area contributed by atoms with Crippen LogP contribution in [0.15, 0.2) is 54.7 Å². The Morgan fingerprint density at radius 2 is 1.59 bits per heavy atom. The normalized spacial score (nSPS) is 24.1. The van der Waals surface area contributed by atoms with Gasteiger partial charge in [-0.1, -0.05) is 25.1 Å². The van der Waals surface area contributed by atoms with Crippen LogP contribution in [0.5, 0.6) is 11.8 Å². The highest BCUT2D eigenvalue weighted by Crippen LogP contribution is 2.48. The predicted molar refractivity (Wildman–Crippen MR) is 297 cm³/mol. The van der Waals surface area contributed by atoms with Crippen molar-refractivity contribution < 1.29 is 38.1 Å². The van der Waals surface area contributed by atoms with Gasteiger partial charge in [-0.15, -0.1) is 0 Å². The monoisotopic (exact) mass is 1080 g/mol. The minimum Gasteiger partial charge on any atom is -0.508 e. The van der Waals surface area contributed by atoms with E-state index in [2.05, 4.69) is 42.8 Å². The van der Waals surface area contributed by atoms with Crippen molar-refractivity contribution in [2.24, 2.45) is 5.41 Å². The zero-order chi connectivity index (χ0) is 54.5. The Morgan fingerprint density at radius 1 is 0.835 bits per heavy atom. The molecule has 0 spiro atoms. The van der Waals surface area contributed by atoms with E-state index in [1.54, 1.807) is 23.2 Å². The summed E-state index contributed by atoms with van der Waals surface area (Å²) in [5, 5.41) is 15.4. The van der Waals surface area contributed by atoms with Gasteiger partial charge in [0.05, 0.1) is 24.1 Å². The minimum atomic E-state index is -0.620. The van der Waals surface area contributed by atoms with Crippen LogP contribution in [0.4, 0.5) is 20.7 Å². The number of anilines is 2. The summed E-state index contributed by atoms with van der Waals surface area (Å²) in [5.74, 6) is -0.850. The molecule has 19 heteroatoms. The van der Waals surface area contributed by atoms with Crippen LogP contribution in [-0.4, -0.2) is 183 Å². The van der Waals surface area contributed by atoms with Crippen molar-refractivity contribution >= 4 is 57.0 Å². The lowest BCUT2D eigenvalue weighted by molar-refractivity contribution is -0.136. The molecule has 13 rings (SSSR count).